The molecule has 0 radical (unpaired) electrons. The number of hydrogen-bond donors (Lipinski definition) is 1. The minimum atomic E-state index is -0.817. The molecule has 0 aliphatic carbocycles. The lowest BCUT2D eigenvalue weighted by molar-refractivity contribution is -0.139. The number of carboxylic acids is 1. The normalized spacial score (nSPS) is 12.4. The van der Waals surface area contributed by atoms with Crippen LogP contribution in [0.1, 0.15) is 24.3 Å². The molecule has 1 atom stereocenters. The zero-order valence-electron chi connectivity index (χ0n) is 8.12. The SMILES string of the molecule is O=C(O)C(CCCCl)c1ccc(Cl)cc1. The van der Waals surface area contributed by atoms with Crippen LogP contribution in [0, 0.1) is 0 Å². The summed E-state index contributed by atoms with van der Waals surface area (Å²) in [4.78, 5) is 11.0. The number of alkyl halides is 1. The van der Waals surface area contributed by atoms with Gasteiger partial charge in [-0.1, -0.05) is 23.7 Å². The first-order valence-corrected chi connectivity index (χ1v) is 5.60. The summed E-state index contributed by atoms with van der Waals surface area (Å²) in [5, 5.41) is 9.66. The fourth-order valence-corrected chi connectivity index (χ4v) is 1.69. The molecule has 0 fully saturated rings. The maximum Gasteiger partial charge on any atom is 0.310 e. The highest BCUT2D eigenvalue weighted by Gasteiger charge is 2.18. The van der Waals surface area contributed by atoms with Crippen LogP contribution < -0.4 is 0 Å². The summed E-state index contributed by atoms with van der Waals surface area (Å²) in [7, 11) is 0. The van der Waals surface area contributed by atoms with Crippen LogP contribution in [0.4, 0.5) is 0 Å². The van der Waals surface area contributed by atoms with E-state index in [0.29, 0.717) is 23.7 Å². The van der Waals surface area contributed by atoms with Gasteiger partial charge in [0.05, 0.1) is 5.92 Å². The van der Waals surface area contributed by atoms with E-state index in [1.807, 2.05) is 0 Å². The molecule has 0 aromatic heterocycles. The highest BCUT2D eigenvalue weighted by Crippen LogP contribution is 2.23. The second-order valence-electron chi connectivity index (χ2n) is 3.27. The van der Waals surface area contributed by atoms with Gasteiger partial charge in [0.25, 0.3) is 0 Å². The van der Waals surface area contributed by atoms with Gasteiger partial charge in [-0.3, -0.25) is 4.79 Å². The minimum Gasteiger partial charge on any atom is -0.481 e. The fraction of sp³-hybridized carbons (Fsp3) is 0.364. The van der Waals surface area contributed by atoms with Crippen LogP contribution in [0.3, 0.4) is 0 Å². The highest BCUT2D eigenvalue weighted by atomic mass is 35.5. The van der Waals surface area contributed by atoms with Crippen molar-refractivity contribution in [2.45, 2.75) is 18.8 Å². The molecule has 1 aromatic carbocycles. The first kappa shape index (κ1) is 12.3. The van der Waals surface area contributed by atoms with E-state index in [2.05, 4.69) is 0 Å². The van der Waals surface area contributed by atoms with E-state index in [1.165, 1.54) is 0 Å². The molecule has 0 amide bonds. The Labute approximate surface area is 98.8 Å². The van der Waals surface area contributed by atoms with Crippen LogP contribution in [-0.4, -0.2) is 17.0 Å². The second-order valence-corrected chi connectivity index (χ2v) is 4.09. The molecule has 2 nitrogen and oxygen atoms in total. The van der Waals surface area contributed by atoms with Gasteiger partial charge in [-0.15, -0.1) is 11.6 Å². The average molecular weight is 247 g/mol. The zero-order valence-corrected chi connectivity index (χ0v) is 9.63. The van der Waals surface area contributed by atoms with Crippen LogP contribution in [-0.2, 0) is 4.79 Å². The monoisotopic (exact) mass is 246 g/mol. The Bertz CT molecular complexity index is 322. The smallest absolute Gasteiger partial charge is 0.310 e. The molecule has 0 saturated heterocycles. The lowest BCUT2D eigenvalue weighted by atomic mass is 9.95. The largest absolute Gasteiger partial charge is 0.481 e. The summed E-state index contributed by atoms with van der Waals surface area (Å²) < 4.78 is 0. The number of hydrogen-bond acceptors (Lipinski definition) is 1. The van der Waals surface area contributed by atoms with Gasteiger partial charge in [-0.2, -0.15) is 0 Å². The van der Waals surface area contributed by atoms with Crippen LogP contribution in [0.15, 0.2) is 24.3 Å². The van der Waals surface area contributed by atoms with Crippen molar-refractivity contribution in [3.05, 3.63) is 34.9 Å². The Kier molecular flexibility index (Phi) is 4.92. The van der Waals surface area contributed by atoms with Crippen molar-refractivity contribution in [1.29, 1.82) is 0 Å². The Morgan fingerprint density at radius 1 is 1.33 bits per heavy atom. The third-order valence-electron chi connectivity index (χ3n) is 2.20. The van der Waals surface area contributed by atoms with Gasteiger partial charge in [-0.25, -0.2) is 0 Å². The number of carbonyl (C=O) groups is 1. The molecule has 15 heavy (non-hydrogen) atoms. The molecule has 0 heterocycles. The van der Waals surface area contributed by atoms with Crippen LogP contribution in [0.5, 0.6) is 0 Å². The Morgan fingerprint density at radius 3 is 2.40 bits per heavy atom. The maximum atomic E-state index is 11.0. The molecule has 82 valence electrons. The summed E-state index contributed by atoms with van der Waals surface area (Å²) in [6.07, 6.45) is 1.25. The lowest BCUT2D eigenvalue weighted by Crippen LogP contribution is -2.11. The first-order valence-electron chi connectivity index (χ1n) is 4.69. The fourth-order valence-electron chi connectivity index (χ4n) is 1.41. The van der Waals surface area contributed by atoms with Crippen molar-refractivity contribution >= 4 is 29.2 Å². The highest BCUT2D eigenvalue weighted by molar-refractivity contribution is 6.30. The summed E-state index contributed by atoms with van der Waals surface area (Å²) in [5.74, 6) is -0.819. The number of aliphatic carboxylic acids is 1. The number of carboxylic acid groups (broad SMARTS) is 1. The standard InChI is InChI=1S/C11H12Cl2O2/c12-7-1-2-10(11(14)15)8-3-5-9(13)6-4-8/h3-6,10H,1-2,7H2,(H,14,15). The van der Waals surface area contributed by atoms with Crippen molar-refractivity contribution in [3.63, 3.8) is 0 Å². The molecule has 1 unspecified atom stereocenters. The average Bonchev–Trinajstić information content (AvgIpc) is 2.21. The van der Waals surface area contributed by atoms with Gasteiger partial charge in [0.2, 0.25) is 0 Å². The van der Waals surface area contributed by atoms with E-state index >= 15 is 0 Å². The molecule has 1 rings (SSSR count). The molecular formula is C11H12Cl2O2. The van der Waals surface area contributed by atoms with Crippen molar-refractivity contribution in [2.75, 3.05) is 5.88 Å². The van der Waals surface area contributed by atoms with Gasteiger partial charge in [0.15, 0.2) is 0 Å². The van der Waals surface area contributed by atoms with E-state index in [0.717, 1.165) is 5.56 Å². The van der Waals surface area contributed by atoms with Gasteiger partial charge in [0, 0.05) is 10.9 Å². The lowest BCUT2D eigenvalue weighted by Gasteiger charge is -2.11. The molecule has 0 bridgehead atoms. The summed E-state index contributed by atoms with van der Waals surface area (Å²) >= 11 is 11.3. The summed E-state index contributed by atoms with van der Waals surface area (Å²) in [6.45, 7) is 0. The zero-order chi connectivity index (χ0) is 11.3. The molecule has 1 N–H and O–H groups in total. The third kappa shape index (κ3) is 3.73. The maximum absolute atomic E-state index is 11.0. The van der Waals surface area contributed by atoms with E-state index in [4.69, 9.17) is 28.3 Å². The van der Waals surface area contributed by atoms with Crippen LogP contribution in [0.25, 0.3) is 0 Å². The van der Waals surface area contributed by atoms with E-state index in [-0.39, 0.29) is 0 Å². The number of halogens is 2. The van der Waals surface area contributed by atoms with Crippen molar-refractivity contribution in [3.8, 4) is 0 Å². The van der Waals surface area contributed by atoms with E-state index in [1.54, 1.807) is 24.3 Å². The molecule has 0 saturated carbocycles. The van der Waals surface area contributed by atoms with Crippen LogP contribution >= 0.6 is 23.2 Å². The van der Waals surface area contributed by atoms with Crippen molar-refractivity contribution in [1.82, 2.24) is 0 Å². The quantitative estimate of drug-likeness (QED) is 0.808. The van der Waals surface area contributed by atoms with Gasteiger partial charge < -0.3 is 5.11 Å². The van der Waals surface area contributed by atoms with Crippen molar-refractivity contribution < 1.29 is 9.90 Å². The molecule has 0 aliphatic heterocycles. The minimum absolute atomic E-state index is 0.484. The predicted octanol–water partition coefficient (Wildman–Crippen LogP) is 3.53. The second kappa shape index (κ2) is 5.99. The van der Waals surface area contributed by atoms with E-state index < -0.39 is 11.9 Å². The molecule has 0 spiro atoms. The Hall–Kier alpha value is -0.730. The van der Waals surface area contributed by atoms with Gasteiger partial charge in [-0.05, 0) is 30.5 Å². The molecule has 1 aromatic rings. The summed E-state index contributed by atoms with van der Waals surface area (Å²) in [5.41, 5.74) is 0.775. The first-order chi connectivity index (χ1) is 7.15. The molecule has 0 aliphatic rings. The number of rotatable bonds is 5. The molecule has 4 heteroatoms. The molecular weight excluding hydrogens is 235 g/mol. The van der Waals surface area contributed by atoms with Crippen LogP contribution in [0.2, 0.25) is 5.02 Å². The topological polar surface area (TPSA) is 37.3 Å². The summed E-state index contributed by atoms with van der Waals surface area (Å²) in [6, 6.07) is 6.89. The van der Waals surface area contributed by atoms with Gasteiger partial charge in [0.1, 0.15) is 0 Å². The third-order valence-corrected chi connectivity index (χ3v) is 2.72. The van der Waals surface area contributed by atoms with E-state index in [9.17, 15) is 4.79 Å². The predicted molar refractivity (Wildman–Crippen MR) is 61.8 cm³/mol. The number of benzene rings is 1. The Morgan fingerprint density at radius 2 is 1.93 bits per heavy atom. The Balaban J connectivity index is 2.79. The van der Waals surface area contributed by atoms with Gasteiger partial charge >= 0.3 is 5.97 Å². The van der Waals surface area contributed by atoms with Crippen molar-refractivity contribution in [2.24, 2.45) is 0 Å².